The number of carboxylic acids is 1. The van der Waals surface area contributed by atoms with Crippen molar-refractivity contribution >= 4 is 35.1 Å². The molecule has 1 atom stereocenters. The average molecular weight is 334 g/mol. The van der Waals surface area contributed by atoms with Gasteiger partial charge in [-0.05, 0) is 37.6 Å². The summed E-state index contributed by atoms with van der Waals surface area (Å²) in [5, 5.41) is 12.4. The highest BCUT2D eigenvalue weighted by Gasteiger charge is 2.21. The minimum absolute atomic E-state index is 0.0863. The summed E-state index contributed by atoms with van der Waals surface area (Å²) in [6.07, 6.45) is -0.0194. The van der Waals surface area contributed by atoms with E-state index >= 15 is 0 Å². The first-order valence-corrected chi connectivity index (χ1v) is 7.12. The molecule has 0 aromatic heterocycles. The Labute approximate surface area is 133 Å². The number of carbonyl (C=O) groups excluding carboxylic acids is 1. The first-order valence-electron chi connectivity index (χ1n) is 6.36. The quantitative estimate of drug-likeness (QED) is 0.803. The molecule has 0 saturated carbocycles. The number of amides is 1. The smallest absolute Gasteiger partial charge is 0.326 e. The number of carbonyl (C=O) groups is 2. The molecular weight excluding hydrogens is 317 g/mol. The maximum absolute atomic E-state index is 11.6. The molecule has 0 aliphatic rings. The first-order chi connectivity index (χ1) is 9.77. The molecule has 0 aliphatic carbocycles. The zero-order valence-electron chi connectivity index (χ0n) is 11.7. The van der Waals surface area contributed by atoms with E-state index < -0.39 is 17.9 Å². The topological polar surface area (TPSA) is 75.6 Å². The molecule has 0 aliphatic heterocycles. The van der Waals surface area contributed by atoms with Crippen molar-refractivity contribution in [1.29, 1.82) is 0 Å². The molecule has 1 aromatic rings. The molecule has 21 heavy (non-hydrogen) atoms. The second-order valence-electron chi connectivity index (χ2n) is 4.80. The molecule has 2 N–H and O–H groups in total. The van der Waals surface area contributed by atoms with Gasteiger partial charge in [-0.3, -0.25) is 4.79 Å². The van der Waals surface area contributed by atoms with Crippen molar-refractivity contribution < 1.29 is 19.4 Å². The molecule has 0 heterocycles. The number of rotatable bonds is 7. The Kier molecular flexibility index (Phi) is 6.95. The largest absolute Gasteiger partial charge is 0.480 e. The molecular formula is C14H17Cl2NO4. The van der Waals surface area contributed by atoms with Gasteiger partial charge < -0.3 is 15.2 Å². The van der Waals surface area contributed by atoms with Crippen molar-refractivity contribution in [3.63, 3.8) is 0 Å². The number of hydrogen-bond donors (Lipinski definition) is 2. The number of nitrogens with one attached hydrogen (secondary N) is 1. The minimum Gasteiger partial charge on any atom is -0.480 e. The number of carboxylic acid groups (broad SMARTS) is 1. The van der Waals surface area contributed by atoms with Crippen molar-refractivity contribution in [3.05, 3.63) is 33.8 Å². The van der Waals surface area contributed by atoms with Crippen LogP contribution in [0.2, 0.25) is 10.0 Å². The highest BCUT2D eigenvalue weighted by atomic mass is 35.5. The third kappa shape index (κ3) is 6.80. The van der Waals surface area contributed by atoms with Crippen LogP contribution in [0.4, 0.5) is 0 Å². The second-order valence-corrected chi connectivity index (χ2v) is 5.67. The number of hydrogen-bond acceptors (Lipinski definition) is 3. The first kappa shape index (κ1) is 17.8. The summed E-state index contributed by atoms with van der Waals surface area (Å²) < 4.78 is 5.13. The fourth-order valence-corrected chi connectivity index (χ4v) is 2.21. The van der Waals surface area contributed by atoms with Gasteiger partial charge in [0.15, 0.2) is 0 Å². The van der Waals surface area contributed by atoms with Gasteiger partial charge in [-0.15, -0.1) is 0 Å². The van der Waals surface area contributed by atoms with E-state index in [1.165, 1.54) is 0 Å². The van der Waals surface area contributed by atoms with Crippen molar-refractivity contribution in [2.75, 3.05) is 6.61 Å². The lowest BCUT2D eigenvalue weighted by Gasteiger charge is -2.16. The van der Waals surface area contributed by atoms with Gasteiger partial charge in [0, 0.05) is 16.5 Å². The van der Waals surface area contributed by atoms with Crippen LogP contribution in [0.3, 0.4) is 0 Å². The highest BCUT2D eigenvalue weighted by molar-refractivity contribution is 6.34. The minimum atomic E-state index is -1.14. The summed E-state index contributed by atoms with van der Waals surface area (Å²) >= 11 is 11.7. The third-order valence-corrected chi connectivity index (χ3v) is 2.98. The van der Waals surface area contributed by atoms with Crippen LogP contribution in [0, 0.1) is 0 Å². The Bertz CT molecular complexity index is 499. The number of ether oxygens (including phenoxy) is 1. The monoisotopic (exact) mass is 333 g/mol. The van der Waals surface area contributed by atoms with Crippen LogP contribution in [0.15, 0.2) is 18.2 Å². The van der Waals surface area contributed by atoms with Crippen molar-refractivity contribution in [1.82, 2.24) is 5.32 Å². The SMILES string of the molecule is CC(C)OCC(=O)NC(Cc1cc(Cl)cc(Cl)c1)C(=O)O. The van der Waals surface area contributed by atoms with Crippen LogP contribution in [0.5, 0.6) is 0 Å². The summed E-state index contributed by atoms with van der Waals surface area (Å²) in [6, 6.07) is 3.71. The fourth-order valence-electron chi connectivity index (χ4n) is 1.64. The van der Waals surface area contributed by atoms with E-state index in [9.17, 15) is 14.7 Å². The van der Waals surface area contributed by atoms with E-state index in [-0.39, 0.29) is 19.1 Å². The number of benzene rings is 1. The zero-order valence-corrected chi connectivity index (χ0v) is 13.2. The van der Waals surface area contributed by atoms with Gasteiger partial charge in [-0.2, -0.15) is 0 Å². The lowest BCUT2D eigenvalue weighted by molar-refractivity contribution is -0.142. The molecule has 1 unspecified atom stereocenters. The Morgan fingerprint density at radius 2 is 1.81 bits per heavy atom. The predicted molar refractivity (Wildman–Crippen MR) is 80.8 cm³/mol. The molecule has 0 bridgehead atoms. The van der Waals surface area contributed by atoms with Crippen LogP contribution in [-0.4, -0.2) is 35.7 Å². The second kappa shape index (κ2) is 8.22. The maximum Gasteiger partial charge on any atom is 0.326 e. The Hall–Kier alpha value is -1.30. The molecule has 116 valence electrons. The molecule has 0 spiro atoms. The van der Waals surface area contributed by atoms with E-state index in [0.29, 0.717) is 15.6 Å². The molecule has 7 heteroatoms. The summed E-state index contributed by atoms with van der Waals surface area (Å²) in [4.78, 5) is 22.9. The van der Waals surface area contributed by atoms with E-state index in [0.717, 1.165) is 0 Å². The highest BCUT2D eigenvalue weighted by Crippen LogP contribution is 2.20. The zero-order chi connectivity index (χ0) is 16.0. The lowest BCUT2D eigenvalue weighted by atomic mass is 10.1. The molecule has 0 saturated heterocycles. The number of halogens is 2. The van der Waals surface area contributed by atoms with E-state index in [2.05, 4.69) is 5.32 Å². The van der Waals surface area contributed by atoms with Gasteiger partial charge in [0.2, 0.25) is 5.91 Å². The van der Waals surface area contributed by atoms with Crippen molar-refractivity contribution in [3.8, 4) is 0 Å². The normalized spacial score (nSPS) is 12.2. The van der Waals surface area contributed by atoms with Crippen molar-refractivity contribution in [2.24, 2.45) is 0 Å². The van der Waals surface area contributed by atoms with Gasteiger partial charge in [0.05, 0.1) is 6.10 Å². The molecule has 1 amide bonds. The Morgan fingerprint density at radius 1 is 1.24 bits per heavy atom. The molecule has 1 rings (SSSR count). The van der Waals surface area contributed by atoms with Crippen LogP contribution < -0.4 is 5.32 Å². The summed E-state index contributed by atoms with van der Waals surface area (Å²) in [6.45, 7) is 3.39. The maximum atomic E-state index is 11.6. The third-order valence-electron chi connectivity index (χ3n) is 2.54. The standard InChI is InChI=1S/C14H17Cl2NO4/c1-8(2)21-7-13(18)17-12(14(19)20)5-9-3-10(15)6-11(16)4-9/h3-4,6,8,12H,5,7H2,1-2H3,(H,17,18)(H,19,20). The summed E-state index contributed by atoms with van der Waals surface area (Å²) in [5.74, 6) is -1.62. The van der Waals surface area contributed by atoms with Crippen LogP contribution in [-0.2, 0) is 20.7 Å². The number of aliphatic carboxylic acids is 1. The van der Waals surface area contributed by atoms with Gasteiger partial charge in [0.1, 0.15) is 12.6 Å². The van der Waals surface area contributed by atoms with Gasteiger partial charge in [0.25, 0.3) is 0 Å². The molecule has 5 nitrogen and oxygen atoms in total. The molecule has 1 aromatic carbocycles. The van der Waals surface area contributed by atoms with Crippen molar-refractivity contribution in [2.45, 2.75) is 32.4 Å². The van der Waals surface area contributed by atoms with E-state index in [4.69, 9.17) is 27.9 Å². The Morgan fingerprint density at radius 3 is 2.29 bits per heavy atom. The lowest BCUT2D eigenvalue weighted by Crippen LogP contribution is -2.44. The Balaban J connectivity index is 2.69. The molecule has 0 fully saturated rings. The summed E-state index contributed by atoms with van der Waals surface area (Å²) in [5.41, 5.74) is 0.630. The van der Waals surface area contributed by atoms with Crippen LogP contribution in [0.25, 0.3) is 0 Å². The van der Waals surface area contributed by atoms with E-state index in [1.54, 1.807) is 32.0 Å². The molecule has 0 radical (unpaired) electrons. The van der Waals surface area contributed by atoms with E-state index in [1.807, 2.05) is 0 Å². The van der Waals surface area contributed by atoms with Crippen LogP contribution in [0.1, 0.15) is 19.4 Å². The predicted octanol–water partition coefficient (Wildman–Crippen LogP) is 2.53. The van der Waals surface area contributed by atoms with Crippen LogP contribution >= 0.6 is 23.2 Å². The van der Waals surface area contributed by atoms with Gasteiger partial charge in [-0.1, -0.05) is 23.2 Å². The van der Waals surface area contributed by atoms with Gasteiger partial charge >= 0.3 is 5.97 Å². The average Bonchev–Trinajstić information content (AvgIpc) is 2.34. The fraction of sp³-hybridized carbons (Fsp3) is 0.429. The van der Waals surface area contributed by atoms with Gasteiger partial charge in [-0.25, -0.2) is 4.79 Å². The summed E-state index contributed by atoms with van der Waals surface area (Å²) in [7, 11) is 0.